The summed E-state index contributed by atoms with van der Waals surface area (Å²) < 4.78 is 1.56. The standard InChI is InChI=1S/C11H6Cl2N4O/c12-8-2-1-7(3-9(8)13)17-5-6-4-14-15-11(18)10(6)16-17/h1-5H,(H,15,18). The first-order valence-electron chi connectivity index (χ1n) is 5.03. The second kappa shape index (κ2) is 4.12. The molecule has 0 aliphatic rings. The normalized spacial score (nSPS) is 11.0. The molecule has 3 rings (SSSR count). The van der Waals surface area contributed by atoms with E-state index in [0.29, 0.717) is 20.9 Å². The first-order valence-corrected chi connectivity index (χ1v) is 5.79. The largest absolute Gasteiger partial charge is 0.292 e. The van der Waals surface area contributed by atoms with Gasteiger partial charge in [0.05, 0.1) is 21.9 Å². The summed E-state index contributed by atoms with van der Waals surface area (Å²) in [7, 11) is 0. The maximum Gasteiger partial charge on any atom is 0.292 e. The van der Waals surface area contributed by atoms with Gasteiger partial charge in [0, 0.05) is 11.6 Å². The highest BCUT2D eigenvalue weighted by atomic mass is 35.5. The minimum absolute atomic E-state index is 0.327. The van der Waals surface area contributed by atoms with Gasteiger partial charge in [-0.25, -0.2) is 9.78 Å². The maximum absolute atomic E-state index is 11.5. The third-order valence-electron chi connectivity index (χ3n) is 2.50. The number of hydrogen-bond acceptors (Lipinski definition) is 3. The Balaban J connectivity index is 2.22. The van der Waals surface area contributed by atoms with Gasteiger partial charge >= 0.3 is 0 Å². The van der Waals surface area contributed by atoms with Crippen LogP contribution in [0.15, 0.2) is 35.4 Å². The van der Waals surface area contributed by atoms with Crippen molar-refractivity contribution in [3.8, 4) is 5.69 Å². The average Bonchev–Trinajstić information content (AvgIpc) is 2.78. The molecular weight excluding hydrogens is 275 g/mol. The molecule has 0 fully saturated rings. The molecule has 0 saturated carbocycles. The van der Waals surface area contributed by atoms with E-state index < -0.39 is 0 Å². The number of hydrogen-bond donors (Lipinski definition) is 1. The van der Waals surface area contributed by atoms with E-state index in [1.165, 1.54) is 6.20 Å². The number of aromatic nitrogens is 4. The van der Waals surface area contributed by atoms with E-state index in [2.05, 4.69) is 15.3 Å². The van der Waals surface area contributed by atoms with Crippen molar-refractivity contribution in [1.29, 1.82) is 0 Å². The van der Waals surface area contributed by atoms with Gasteiger partial charge in [0.15, 0.2) is 5.52 Å². The van der Waals surface area contributed by atoms with Crippen molar-refractivity contribution in [3.05, 3.63) is 51.0 Å². The molecule has 3 aromatic rings. The van der Waals surface area contributed by atoms with Crippen LogP contribution in [0.5, 0.6) is 0 Å². The molecule has 0 saturated heterocycles. The van der Waals surface area contributed by atoms with E-state index in [1.807, 2.05) is 0 Å². The summed E-state index contributed by atoms with van der Waals surface area (Å²) in [6.07, 6.45) is 3.24. The van der Waals surface area contributed by atoms with Gasteiger partial charge in [-0.3, -0.25) is 4.79 Å². The number of fused-ring (bicyclic) bond motifs is 1. The van der Waals surface area contributed by atoms with Crippen LogP contribution in [0.1, 0.15) is 0 Å². The van der Waals surface area contributed by atoms with Crippen molar-refractivity contribution in [2.45, 2.75) is 0 Å². The van der Waals surface area contributed by atoms with E-state index in [-0.39, 0.29) is 5.56 Å². The van der Waals surface area contributed by atoms with Crippen LogP contribution >= 0.6 is 23.2 Å². The second-order valence-corrected chi connectivity index (χ2v) is 4.49. The van der Waals surface area contributed by atoms with Gasteiger partial charge in [0.1, 0.15) is 0 Å². The lowest BCUT2D eigenvalue weighted by molar-refractivity contribution is 0.891. The Hall–Kier alpha value is -1.85. The highest BCUT2D eigenvalue weighted by Gasteiger charge is 2.07. The maximum atomic E-state index is 11.5. The fourth-order valence-corrected chi connectivity index (χ4v) is 1.92. The molecule has 0 amide bonds. The van der Waals surface area contributed by atoms with Crippen LogP contribution in [-0.2, 0) is 0 Å². The first kappa shape index (κ1) is 11.3. The van der Waals surface area contributed by atoms with Crippen LogP contribution in [0.25, 0.3) is 16.6 Å². The Morgan fingerprint density at radius 1 is 1.22 bits per heavy atom. The predicted octanol–water partition coefficient (Wildman–Crippen LogP) is 2.42. The molecule has 0 aliphatic heterocycles. The van der Waals surface area contributed by atoms with E-state index >= 15 is 0 Å². The summed E-state index contributed by atoms with van der Waals surface area (Å²) in [5.41, 5.74) is 0.724. The highest BCUT2D eigenvalue weighted by Crippen LogP contribution is 2.24. The Kier molecular flexibility index (Phi) is 2.57. The van der Waals surface area contributed by atoms with Crippen molar-refractivity contribution in [2.24, 2.45) is 0 Å². The SMILES string of the molecule is O=c1[nH]ncc2cn(-c3ccc(Cl)c(Cl)c3)nc12. The summed E-state index contributed by atoms with van der Waals surface area (Å²) in [6, 6.07) is 5.12. The Labute approximate surface area is 111 Å². The summed E-state index contributed by atoms with van der Waals surface area (Å²) in [5.74, 6) is 0. The topological polar surface area (TPSA) is 63.6 Å². The average molecular weight is 281 g/mol. The fourth-order valence-electron chi connectivity index (χ4n) is 1.63. The molecule has 0 radical (unpaired) electrons. The summed E-state index contributed by atoms with van der Waals surface area (Å²) in [4.78, 5) is 11.5. The van der Waals surface area contributed by atoms with Crippen molar-refractivity contribution in [3.63, 3.8) is 0 Å². The molecule has 5 nitrogen and oxygen atoms in total. The molecule has 18 heavy (non-hydrogen) atoms. The number of H-pyrrole nitrogens is 1. The fraction of sp³-hybridized carbons (Fsp3) is 0. The minimum Gasteiger partial charge on any atom is -0.265 e. The molecule has 90 valence electrons. The zero-order chi connectivity index (χ0) is 12.7. The van der Waals surface area contributed by atoms with Crippen molar-refractivity contribution < 1.29 is 0 Å². The van der Waals surface area contributed by atoms with Crippen LogP contribution in [0.3, 0.4) is 0 Å². The molecule has 0 aliphatic carbocycles. The van der Waals surface area contributed by atoms with Gasteiger partial charge in [0.25, 0.3) is 5.56 Å². The monoisotopic (exact) mass is 280 g/mol. The van der Waals surface area contributed by atoms with Gasteiger partial charge in [-0.15, -0.1) is 0 Å². The number of halogens is 2. The zero-order valence-electron chi connectivity index (χ0n) is 8.89. The lowest BCUT2D eigenvalue weighted by atomic mass is 10.3. The van der Waals surface area contributed by atoms with Gasteiger partial charge in [-0.1, -0.05) is 23.2 Å². The number of benzene rings is 1. The quantitative estimate of drug-likeness (QED) is 0.745. The number of nitrogens with one attached hydrogen (secondary N) is 1. The first-order chi connectivity index (χ1) is 8.65. The summed E-state index contributed by atoms with van der Waals surface area (Å²) >= 11 is 11.8. The molecule has 0 unspecified atom stereocenters. The number of nitrogens with zero attached hydrogens (tertiary/aromatic N) is 3. The van der Waals surface area contributed by atoms with E-state index in [9.17, 15) is 4.79 Å². The third kappa shape index (κ3) is 1.77. The predicted molar refractivity (Wildman–Crippen MR) is 69.5 cm³/mol. The number of rotatable bonds is 1. The highest BCUT2D eigenvalue weighted by molar-refractivity contribution is 6.42. The van der Waals surface area contributed by atoms with Crippen LogP contribution in [0.4, 0.5) is 0 Å². The number of aromatic amines is 1. The summed E-state index contributed by atoms with van der Waals surface area (Å²) in [6.45, 7) is 0. The van der Waals surface area contributed by atoms with Gasteiger partial charge < -0.3 is 0 Å². The lowest BCUT2D eigenvalue weighted by Gasteiger charge is -2.02. The zero-order valence-corrected chi connectivity index (χ0v) is 10.4. The summed E-state index contributed by atoms with van der Waals surface area (Å²) in [5, 5.41) is 11.8. The van der Waals surface area contributed by atoms with E-state index in [4.69, 9.17) is 23.2 Å². The molecule has 2 heterocycles. The minimum atomic E-state index is -0.327. The van der Waals surface area contributed by atoms with Crippen molar-refractivity contribution >= 4 is 34.1 Å². The Bertz CT molecular complexity index is 793. The van der Waals surface area contributed by atoms with Crippen LogP contribution in [0, 0.1) is 0 Å². The van der Waals surface area contributed by atoms with Crippen LogP contribution < -0.4 is 5.56 Å². The van der Waals surface area contributed by atoms with Crippen molar-refractivity contribution in [2.75, 3.05) is 0 Å². The van der Waals surface area contributed by atoms with Crippen LogP contribution in [-0.4, -0.2) is 20.0 Å². The lowest BCUT2D eigenvalue weighted by Crippen LogP contribution is -2.07. The van der Waals surface area contributed by atoms with Gasteiger partial charge in [-0.05, 0) is 18.2 Å². The third-order valence-corrected chi connectivity index (χ3v) is 3.23. The van der Waals surface area contributed by atoms with E-state index in [0.717, 1.165) is 5.69 Å². The second-order valence-electron chi connectivity index (χ2n) is 3.68. The molecular formula is C11H6Cl2N4O. The molecule has 0 bridgehead atoms. The molecule has 1 N–H and O–H groups in total. The molecule has 7 heteroatoms. The van der Waals surface area contributed by atoms with Crippen LogP contribution in [0.2, 0.25) is 10.0 Å². The van der Waals surface area contributed by atoms with E-state index in [1.54, 1.807) is 29.1 Å². The molecule has 1 aromatic carbocycles. The van der Waals surface area contributed by atoms with Gasteiger partial charge in [0.2, 0.25) is 0 Å². The van der Waals surface area contributed by atoms with Crippen molar-refractivity contribution in [1.82, 2.24) is 20.0 Å². The Morgan fingerprint density at radius 2 is 2.06 bits per heavy atom. The molecule has 2 aromatic heterocycles. The molecule has 0 atom stereocenters. The Morgan fingerprint density at radius 3 is 2.78 bits per heavy atom. The smallest absolute Gasteiger partial charge is 0.265 e. The van der Waals surface area contributed by atoms with Gasteiger partial charge in [-0.2, -0.15) is 10.2 Å². The molecule has 0 spiro atoms.